The predicted molar refractivity (Wildman–Crippen MR) is 77.4 cm³/mol. The fourth-order valence-electron chi connectivity index (χ4n) is 2.24. The molecule has 1 aromatic rings. The normalized spacial score (nSPS) is 11.4. The maximum atomic E-state index is 13.0. The second kappa shape index (κ2) is 7.33. The maximum absolute atomic E-state index is 13.0. The molecule has 22 heavy (non-hydrogen) atoms. The maximum Gasteiger partial charge on any atom is 0.420 e. The van der Waals surface area contributed by atoms with Crippen molar-refractivity contribution in [2.45, 2.75) is 32.9 Å². The van der Waals surface area contributed by atoms with E-state index in [-0.39, 0.29) is 5.69 Å². The van der Waals surface area contributed by atoms with Crippen LogP contribution in [0.15, 0.2) is 12.1 Å². The van der Waals surface area contributed by atoms with Gasteiger partial charge < -0.3 is 9.64 Å². The molecule has 5 nitrogen and oxygen atoms in total. The van der Waals surface area contributed by atoms with E-state index in [2.05, 4.69) is 0 Å². The number of methoxy groups -OCH3 is 1. The molecule has 1 aromatic carbocycles. The molecule has 0 unspecified atom stereocenters. The quantitative estimate of drug-likeness (QED) is 0.557. The molecule has 0 radical (unpaired) electrons. The lowest BCUT2D eigenvalue weighted by molar-refractivity contribution is -0.384. The first-order chi connectivity index (χ1) is 10.3. The van der Waals surface area contributed by atoms with Gasteiger partial charge in [0.25, 0.3) is 5.69 Å². The average molecular weight is 320 g/mol. The number of nitro groups is 1. The van der Waals surface area contributed by atoms with Crippen molar-refractivity contribution in [1.29, 1.82) is 0 Å². The van der Waals surface area contributed by atoms with Gasteiger partial charge in [-0.3, -0.25) is 10.1 Å². The molecule has 0 spiro atoms. The van der Waals surface area contributed by atoms with Crippen molar-refractivity contribution >= 4 is 11.4 Å². The van der Waals surface area contributed by atoms with Crippen molar-refractivity contribution in [2.75, 3.05) is 25.1 Å². The molecule has 0 atom stereocenters. The zero-order valence-corrected chi connectivity index (χ0v) is 12.7. The van der Waals surface area contributed by atoms with Gasteiger partial charge in [-0.1, -0.05) is 13.8 Å². The van der Waals surface area contributed by atoms with Crippen molar-refractivity contribution in [3.63, 3.8) is 0 Å². The second-order valence-electron chi connectivity index (χ2n) is 4.78. The molecule has 0 aromatic heterocycles. The van der Waals surface area contributed by atoms with Crippen LogP contribution in [0.25, 0.3) is 0 Å². The van der Waals surface area contributed by atoms with Gasteiger partial charge in [0.15, 0.2) is 0 Å². The van der Waals surface area contributed by atoms with Gasteiger partial charge in [-0.2, -0.15) is 13.2 Å². The number of alkyl halides is 3. The summed E-state index contributed by atoms with van der Waals surface area (Å²) in [6.45, 7) is 4.83. The highest BCUT2D eigenvalue weighted by molar-refractivity contribution is 5.68. The summed E-state index contributed by atoms with van der Waals surface area (Å²) in [7, 11) is 1.12. The molecule has 1 rings (SSSR count). The minimum atomic E-state index is -4.71. The number of benzene rings is 1. The number of nitrogens with zero attached hydrogens (tertiary/aromatic N) is 2. The summed E-state index contributed by atoms with van der Waals surface area (Å²) in [6.07, 6.45) is -3.27. The van der Waals surface area contributed by atoms with Gasteiger partial charge in [0.1, 0.15) is 17.0 Å². The number of hydrogen-bond acceptors (Lipinski definition) is 4. The van der Waals surface area contributed by atoms with Crippen molar-refractivity contribution in [3.8, 4) is 5.75 Å². The second-order valence-corrected chi connectivity index (χ2v) is 4.78. The van der Waals surface area contributed by atoms with Crippen LogP contribution < -0.4 is 9.64 Å². The summed E-state index contributed by atoms with van der Waals surface area (Å²) in [4.78, 5) is 12.1. The number of anilines is 1. The standard InChI is InChI=1S/C14H19F3N2O3/c1-4-6-18(7-5-2)11-9-13(22-3)10(14(15,16)17)8-12(11)19(20)21/h8-9H,4-7H2,1-3H3. The number of halogens is 3. The smallest absolute Gasteiger partial charge is 0.420 e. The molecular formula is C14H19F3N2O3. The zero-order valence-electron chi connectivity index (χ0n) is 12.7. The number of nitro benzene ring substituents is 1. The largest absolute Gasteiger partial charge is 0.496 e. The number of rotatable bonds is 7. The van der Waals surface area contributed by atoms with Crippen LogP contribution in [0.2, 0.25) is 0 Å². The van der Waals surface area contributed by atoms with E-state index >= 15 is 0 Å². The lowest BCUT2D eigenvalue weighted by atomic mass is 10.1. The van der Waals surface area contributed by atoms with Crippen molar-refractivity contribution in [1.82, 2.24) is 0 Å². The molecular weight excluding hydrogens is 301 g/mol. The molecule has 0 bridgehead atoms. The Labute approximate surface area is 126 Å². The third-order valence-corrected chi connectivity index (χ3v) is 3.13. The van der Waals surface area contributed by atoms with Gasteiger partial charge in [0, 0.05) is 25.2 Å². The van der Waals surface area contributed by atoms with E-state index in [0.717, 1.165) is 26.0 Å². The Kier molecular flexibility index (Phi) is 6.01. The topological polar surface area (TPSA) is 55.6 Å². The van der Waals surface area contributed by atoms with Crippen molar-refractivity contribution in [2.24, 2.45) is 0 Å². The van der Waals surface area contributed by atoms with E-state index in [4.69, 9.17) is 4.74 Å². The first-order valence-electron chi connectivity index (χ1n) is 6.94. The van der Waals surface area contributed by atoms with Crippen LogP contribution in [-0.4, -0.2) is 25.1 Å². The Balaban J connectivity index is 3.52. The average Bonchev–Trinajstić information content (AvgIpc) is 2.44. The van der Waals surface area contributed by atoms with Gasteiger partial charge in [-0.15, -0.1) is 0 Å². The molecule has 0 N–H and O–H groups in total. The molecule has 124 valence electrons. The van der Waals surface area contributed by atoms with E-state index in [1.807, 2.05) is 13.8 Å². The molecule has 0 aliphatic carbocycles. The van der Waals surface area contributed by atoms with Crippen molar-refractivity contribution < 1.29 is 22.8 Å². The molecule has 0 saturated carbocycles. The van der Waals surface area contributed by atoms with E-state index in [1.54, 1.807) is 4.90 Å². The van der Waals surface area contributed by atoms with Gasteiger partial charge in [0.2, 0.25) is 0 Å². The summed E-state index contributed by atoms with van der Waals surface area (Å²) in [5.74, 6) is -0.412. The van der Waals surface area contributed by atoms with Crippen LogP contribution in [0.4, 0.5) is 24.5 Å². The summed E-state index contributed by atoms with van der Waals surface area (Å²) in [5.41, 5.74) is -1.55. The first-order valence-corrected chi connectivity index (χ1v) is 6.94. The van der Waals surface area contributed by atoms with E-state index in [1.165, 1.54) is 0 Å². The van der Waals surface area contributed by atoms with Crippen LogP contribution in [0.3, 0.4) is 0 Å². The minimum absolute atomic E-state index is 0.151. The fraction of sp³-hybridized carbons (Fsp3) is 0.571. The zero-order chi connectivity index (χ0) is 16.9. The van der Waals surface area contributed by atoms with Crippen molar-refractivity contribution in [3.05, 3.63) is 27.8 Å². The van der Waals surface area contributed by atoms with E-state index in [9.17, 15) is 23.3 Å². The summed E-state index contributed by atoms with van der Waals surface area (Å²) >= 11 is 0. The van der Waals surface area contributed by atoms with Crippen LogP contribution in [0, 0.1) is 10.1 Å². The molecule has 0 aliphatic heterocycles. The number of hydrogen-bond donors (Lipinski definition) is 0. The van der Waals surface area contributed by atoms with Crippen LogP contribution >= 0.6 is 0 Å². The lowest BCUT2D eigenvalue weighted by Crippen LogP contribution is -2.26. The summed E-state index contributed by atoms with van der Waals surface area (Å²) in [5, 5.41) is 11.2. The highest BCUT2D eigenvalue weighted by atomic mass is 19.4. The fourth-order valence-corrected chi connectivity index (χ4v) is 2.24. The molecule has 0 aliphatic rings. The summed E-state index contributed by atoms with van der Waals surface area (Å²) < 4.78 is 43.8. The Hall–Kier alpha value is -1.99. The molecule has 0 fully saturated rings. The van der Waals surface area contributed by atoms with Crippen LogP contribution in [-0.2, 0) is 6.18 Å². The highest BCUT2D eigenvalue weighted by Crippen LogP contribution is 2.43. The Bertz CT molecular complexity index is 527. The van der Waals surface area contributed by atoms with Gasteiger partial charge in [0.05, 0.1) is 12.0 Å². The third-order valence-electron chi connectivity index (χ3n) is 3.13. The Morgan fingerprint density at radius 2 is 1.77 bits per heavy atom. The van der Waals surface area contributed by atoms with E-state index < -0.39 is 28.1 Å². The summed E-state index contributed by atoms with van der Waals surface area (Å²) in [6, 6.07) is 1.65. The minimum Gasteiger partial charge on any atom is -0.496 e. The highest BCUT2D eigenvalue weighted by Gasteiger charge is 2.37. The van der Waals surface area contributed by atoms with Crippen LogP contribution in [0.5, 0.6) is 5.75 Å². The Morgan fingerprint density at radius 1 is 1.23 bits per heavy atom. The first kappa shape index (κ1) is 18.1. The lowest BCUT2D eigenvalue weighted by Gasteiger charge is -2.25. The monoisotopic (exact) mass is 320 g/mol. The molecule has 0 saturated heterocycles. The van der Waals surface area contributed by atoms with Crippen LogP contribution in [0.1, 0.15) is 32.3 Å². The molecule has 0 amide bonds. The predicted octanol–water partition coefficient (Wildman–Crippen LogP) is 4.25. The van der Waals surface area contributed by atoms with Gasteiger partial charge in [-0.05, 0) is 12.8 Å². The molecule has 0 heterocycles. The van der Waals surface area contributed by atoms with E-state index in [0.29, 0.717) is 19.2 Å². The Morgan fingerprint density at radius 3 is 2.14 bits per heavy atom. The SMILES string of the molecule is CCCN(CCC)c1cc(OC)c(C(F)(F)F)cc1[N+](=O)[O-]. The molecule has 8 heteroatoms. The van der Waals surface area contributed by atoms with Gasteiger partial charge >= 0.3 is 6.18 Å². The number of ether oxygens (including phenoxy) is 1. The third kappa shape index (κ3) is 4.02. The van der Waals surface area contributed by atoms with Gasteiger partial charge in [-0.25, -0.2) is 0 Å².